The number of benzene rings is 2. The number of carbonyl (C=O) groups is 1. The number of hydrogen-bond donors (Lipinski definition) is 0. The fourth-order valence-electron chi connectivity index (χ4n) is 4.90. The number of esters is 1. The van der Waals surface area contributed by atoms with Crippen LogP contribution in [0.3, 0.4) is 0 Å². The summed E-state index contributed by atoms with van der Waals surface area (Å²) in [5.74, 6) is 2.69. The van der Waals surface area contributed by atoms with Gasteiger partial charge < -0.3 is 28.2 Å². The first kappa shape index (κ1) is 26.7. The summed E-state index contributed by atoms with van der Waals surface area (Å²) in [7, 11) is 8.84. The number of carbonyl (C=O) groups excluding carboxylic acids is 1. The van der Waals surface area contributed by atoms with Crippen LogP contribution in [0.4, 0.5) is 0 Å². The van der Waals surface area contributed by atoms with Crippen molar-refractivity contribution in [2.45, 2.75) is 51.7 Å². The van der Waals surface area contributed by atoms with E-state index in [1.165, 1.54) is 11.1 Å². The van der Waals surface area contributed by atoms with Gasteiger partial charge in [0.15, 0.2) is 23.0 Å². The van der Waals surface area contributed by atoms with Gasteiger partial charge >= 0.3 is 5.97 Å². The average molecular weight is 487 g/mol. The normalized spacial score (nSPS) is 19.5. The van der Waals surface area contributed by atoms with Crippen molar-refractivity contribution in [3.05, 3.63) is 47.0 Å². The van der Waals surface area contributed by atoms with Gasteiger partial charge in [0.25, 0.3) is 0 Å². The topological polar surface area (TPSA) is 63.2 Å². The maximum atomic E-state index is 12.6. The van der Waals surface area contributed by atoms with Crippen LogP contribution in [0.1, 0.15) is 49.9 Å². The average Bonchev–Trinajstić information content (AvgIpc) is 2.82. The molecule has 0 aromatic heterocycles. The van der Waals surface area contributed by atoms with Crippen molar-refractivity contribution < 1.29 is 33.0 Å². The molecule has 7 heteroatoms. The molecule has 0 radical (unpaired) electrons. The molecule has 0 amide bonds. The van der Waals surface area contributed by atoms with Gasteiger partial charge in [0, 0.05) is 18.4 Å². The lowest BCUT2D eigenvalue weighted by molar-refractivity contribution is -0.940. The van der Waals surface area contributed by atoms with E-state index in [4.69, 9.17) is 23.7 Å². The first-order chi connectivity index (χ1) is 16.5. The van der Waals surface area contributed by atoms with Crippen molar-refractivity contribution in [3.63, 3.8) is 0 Å². The molecule has 0 spiro atoms. The van der Waals surface area contributed by atoms with Crippen LogP contribution in [0, 0.1) is 0 Å². The molecule has 1 aliphatic rings. The fourth-order valence-corrected chi connectivity index (χ4v) is 4.90. The quantitative estimate of drug-likeness (QED) is 0.377. The van der Waals surface area contributed by atoms with Crippen molar-refractivity contribution in [2.75, 3.05) is 48.6 Å². The molecule has 0 saturated heterocycles. The van der Waals surface area contributed by atoms with E-state index in [2.05, 4.69) is 25.2 Å². The van der Waals surface area contributed by atoms with E-state index in [0.717, 1.165) is 35.2 Å². The van der Waals surface area contributed by atoms with Crippen molar-refractivity contribution in [2.24, 2.45) is 0 Å². The Labute approximate surface area is 209 Å². The Balaban J connectivity index is 2.00. The Morgan fingerprint density at radius 1 is 0.914 bits per heavy atom. The number of methoxy groups -OCH3 is 4. The minimum absolute atomic E-state index is 0.110. The first-order valence-electron chi connectivity index (χ1n) is 12.1. The van der Waals surface area contributed by atoms with Crippen molar-refractivity contribution in [1.82, 2.24) is 0 Å². The van der Waals surface area contributed by atoms with E-state index in [1.54, 1.807) is 28.4 Å². The lowest BCUT2D eigenvalue weighted by Crippen LogP contribution is -2.53. The predicted molar refractivity (Wildman–Crippen MR) is 136 cm³/mol. The van der Waals surface area contributed by atoms with Crippen molar-refractivity contribution in [1.29, 1.82) is 0 Å². The standard InChI is InChI=1S/C28H40NO6/c1-28(2,3)35-27(30)12-14-29(4)13-11-20-17-25(33-7)26(34-8)18-21(20)22(29)15-19-9-10-23(31-5)24(16-19)32-6/h9-10,16-18,22H,11-15H2,1-8H3/q+1/t22-,29-/m0/s1. The van der Waals surface area contributed by atoms with Gasteiger partial charge in [0.2, 0.25) is 0 Å². The highest BCUT2D eigenvalue weighted by atomic mass is 16.6. The number of rotatable bonds is 9. The highest BCUT2D eigenvalue weighted by Crippen LogP contribution is 2.43. The van der Waals surface area contributed by atoms with E-state index in [1.807, 2.05) is 32.9 Å². The summed E-state index contributed by atoms with van der Waals surface area (Å²) in [6.07, 6.45) is 2.02. The zero-order valence-corrected chi connectivity index (χ0v) is 22.4. The molecule has 2 aromatic rings. The summed E-state index contributed by atoms with van der Waals surface area (Å²) >= 11 is 0. The molecule has 0 saturated carbocycles. The minimum atomic E-state index is -0.493. The molecule has 192 valence electrons. The largest absolute Gasteiger partial charge is 0.493 e. The van der Waals surface area contributed by atoms with Crippen LogP contribution in [-0.4, -0.2) is 64.6 Å². The second-order valence-corrected chi connectivity index (χ2v) is 10.3. The monoisotopic (exact) mass is 486 g/mol. The number of quaternary nitrogens is 1. The molecule has 0 N–H and O–H groups in total. The molecule has 0 unspecified atom stereocenters. The number of likely N-dealkylation sites (N-methyl/N-ethyl adjacent to an activating group) is 1. The summed E-state index contributed by atoms with van der Waals surface area (Å²) in [5, 5.41) is 0. The predicted octanol–water partition coefficient (Wildman–Crippen LogP) is 4.74. The molecule has 0 aliphatic carbocycles. The van der Waals surface area contributed by atoms with Gasteiger partial charge in [-0.3, -0.25) is 4.79 Å². The Bertz CT molecular complexity index is 1040. The maximum absolute atomic E-state index is 12.6. The van der Waals surface area contributed by atoms with Gasteiger partial charge in [0.05, 0.1) is 55.0 Å². The Morgan fingerprint density at radius 2 is 1.51 bits per heavy atom. The summed E-state index contributed by atoms with van der Waals surface area (Å²) in [4.78, 5) is 12.6. The number of ether oxygens (including phenoxy) is 5. The Morgan fingerprint density at radius 3 is 2.11 bits per heavy atom. The van der Waals surface area contributed by atoms with Gasteiger partial charge in [0.1, 0.15) is 11.6 Å². The zero-order chi connectivity index (χ0) is 25.8. The fraction of sp³-hybridized carbons (Fsp3) is 0.536. The van der Waals surface area contributed by atoms with Gasteiger partial charge in [-0.1, -0.05) is 6.07 Å². The van der Waals surface area contributed by atoms with Crippen LogP contribution in [0.2, 0.25) is 0 Å². The number of hydrogen-bond acceptors (Lipinski definition) is 6. The Hall–Kier alpha value is -2.93. The van der Waals surface area contributed by atoms with Crippen LogP contribution >= 0.6 is 0 Å². The third-order valence-corrected chi connectivity index (χ3v) is 6.77. The molecule has 0 bridgehead atoms. The molecule has 1 heterocycles. The summed E-state index contributed by atoms with van der Waals surface area (Å²) in [6.45, 7) is 7.29. The van der Waals surface area contributed by atoms with Crippen LogP contribution in [0.5, 0.6) is 23.0 Å². The van der Waals surface area contributed by atoms with Gasteiger partial charge in [-0.25, -0.2) is 0 Å². The molecule has 7 nitrogen and oxygen atoms in total. The van der Waals surface area contributed by atoms with E-state index < -0.39 is 5.60 Å². The van der Waals surface area contributed by atoms with Crippen molar-refractivity contribution >= 4 is 5.97 Å². The van der Waals surface area contributed by atoms with Gasteiger partial charge in [-0.2, -0.15) is 0 Å². The first-order valence-corrected chi connectivity index (χ1v) is 12.1. The minimum Gasteiger partial charge on any atom is -0.493 e. The highest BCUT2D eigenvalue weighted by Gasteiger charge is 2.40. The van der Waals surface area contributed by atoms with Crippen LogP contribution in [-0.2, 0) is 22.4 Å². The van der Waals surface area contributed by atoms with Crippen LogP contribution in [0.25, 0.3) is 0 Å². The second-order valence-electron chi connectivity index (χ2n) is 10.3. The molecule has 1 aliphatic heterocycles. The van der Waals surface area contributed by atoms with E-state index in [9.17, 15) is 4.79 Å². The number of fused-ring (bicyclic) bond motifs is 1. The molecule has 2 aromatic carbocycles. The van der Waals surface area contributed by atoms with Crippen molar-refractivity contribution in [3.8, 4) is 23.0 Å². The molecule has 3 rings (SSSR count). The summed E-state index contributed by atoms with van der Waals surface area (Å²) in [6, 6.07) is 10.4. The third-order valence-electron chi connectivity index (χ3n) is 6.77. The lowest BCUT2D eigenvalue weighted by atomic mass is 9.86. The smallest absolute Gasteiger partial charge is 0.312 e. The molecular weight excluding hydrogens is 446 g/mol. The van der Waals surface area contributed by atoms with Gasteiger partial charge in [-0.15, -0.1) is 0 Å². The molecule has 0 fully saturated rings. The zero-order valence-electron chi connectivity index (χ0n) is 22.4. The molecule has 35 heavy (non-hydrogen) atoms. The Kier molecular flexibility index (Phi) is 8.21. The number of nitrogens with zero attached hydrogens (tertiary/aromatic N) is 1. The SMILES string of the molecule is COc1ccc(C[C@H]2c3cc(OC)c(OC)cc3CC[N@@+]2(C)CCC(=O)OC(C)(C)C)cc1OC. The van der Waals surface area contributed by atoms with Crippen LogP contribution in [0.15, 0.2) is 30.3 Å². The van der Waals surface area contributed by atoms with Gasteiger partial charge in [-0.05, 0) is 56.2 Å². The summed E-state index contributed by atoms with van der Waals surface area (Å²) in [5.41, 5.74) is 3.11. The lowest BCUT2D eigenvalue weighted by Gasteiger charge is -2.46. The second kappa shape index (κ2) is 10.8. The maximum Gasteiger partial charge on any atom is 0.312 e. The summed E-state index contributed by atoms with van der Waals surface area (Å²) < 4.78 is 28.5. The highest BCUT2D eigenvalue weighted by molar-refractivity contribution is 5.69. The van der Waals surface area contributed by atoms with Crippen LogP contribution < -0.4 is 18.9 Å². The van der Waals surface area contributed by atoms with E-state index >= 15 is 0 Å². The van der Waals surface area contributed by atoms with E-state index in [-0.39, 0.29) is 12.0 Å². The molecular formula is C28H40NO6+. The molecule has 2 atom stereocenters. The van der Waals surface area contributed by atoms with E-state index in [0.29, 0.717) is 30.2 Å². The third kappa shape index (κ3) is 6.20.